The highest BCUT2D eigenvalue weighted by Gasteiger charge is 2.35. The van der Waals surface area contributed by atoms with Crippen molar-refractivity contribution in [1.29, 1.82) is 0 Å². The van der Waals surface area contributed by atoms with Crippen LogP contribution in [0.4, 0.5) is 0 Å². The summed E-state index contributed by atoms with van der Waals surface area (Å²) in [6.45, 7) is 8.26. The van der Waals surface area contributed by atoms with Crippen LogP contribution in [0.2, 0.25) is 0 Å². The number of hydrogen-bond acceptors (Lipinski definition) is 1. The first-order chi connectivity index (χ1) is 8.81. The number of carbonyl (C=O) groups excluding carboxylic acids is 1. The van der Waals surface area contributed by atoms with Crippen LogP contribution in [0.3, 0.4) is 0 Å². The summed E-state index contributed by atoms with van der Waals surface area (Å²) in [4.78, 5) is 12.4. The first kappa shape index (κ1) is 14.3. The van der Waals surface area contributed by atoms with E-state index in [4.69, 9.17) is 0 Å². The highest BCUT2D eigenvalue weighted by Crippen LogP contribution is 2.45. The molecule has 100 valence electrons. The molecule has 0 saturated heterocycles. The van der Waals surface area contributed by atoms with Crippen LogP contribution in [0.1, 0.15) is 39.2 Å². The molecule has 0 heterocycles. The average molecular weight is 319 g/mol. The molecular weight excluding hydrogens is 300 g/mol. The maximum Gasteiger partial charge on any atom is 0.186 e. The Bertz CT molecular complexity index is 559. The number of hydrogen-bond donors (Lipinski definition) is 0. The van der Waals surface area contributed by atoms with Gasteiger partial charge in [0, 0.05) is 21.5 Å². The Labute approximate surface area is 123 Å². The molecule has 0 bridgehead atoms. The summed E-state index contributed by atoms with van der Waals surface area (Å²) in [6, 6.07) is 10.2. The fourth-order valence-electron chi connectivity index (χ4n) is 2.40. The number of benzene rings is 1. The maximum absolute atomic E-state index is 12.4. The fraction of sp³-hybridized carbons (Fsp3) is 0.353. The van der Waals surface area contributed by atoms with Crippen LogP contribution in [0.15, 0.2) is 52.0 Å². The van der Waals surface area contributed by atoms with Gasteiger partial charge in [-0.15, -0.1) is 0 Å². The highest BCUT2D eigenvalue weighted by molar-refractivity contribution is 9.11. The van der Waals surface area contributed by atoms with Gasteiger partial charge in [0.2, 0.25) is 0 Å². The van der Waals surface area contributed by atoms with E-state index < -0.39 is 0 Å². The van der Waals surface area contributed by atoms with Crippen molar-refractivity contribution < 1.29 is 4.79 Å². The molecule has 0 spiro atoms. The second-order valence-corrected chi connectivity index (χ2v) is 6.97. The predicted molar refractivity (Wildman–Crippen MR) is 83.4 cm³/mol. The van der Waals surface area contributed by atoms with E-state index in [1.54, 1.807) is 0 Å². The zero-order valence-electron chi connectivity index (χ0n) is 11.8. The molecule has 1 aromatic rings. The van der Waals surface area contributed by atoms with Gasteiger partial charge < -0.3 is 0 Å². The van der Waals surface area contributed by atoms with Crippen molar-refractivity contribution in [3.05, 3.63) is 57.6 Å². The number of Topliss-reactive ketones (excluding diaryl/α,β-unsaturated/α-hetero) is 1. The SMILES string of the molecule is CC1=C(Br)[C@@H](c2ccccc2)/C(=C\C(C)(C)C)C1=O. The molecule has 0 fully saturated rings. The number of halogens is 1. The van der Waals surface area contributed by atoms with Crippen LogP contribution >= 0.6 is 15.9 Å². The predicted octanol–water partition coefficient (Wildman–Crippen LogP) is 4.99. The van der Waals surface area contributed by atoms with Gasteiger partial charge in [-0.05, 0) is 17.9 Å². The van der Waals surface area contributed by atoms with E-state index in [2.05, 4.69) is 54.9 Å². The lowest BCUT2D eigenvalue weighted by Gasteiger charge is -2.18. The van der Waals surface area contributed by atoms with Gasteiger partial charge in [0.15, 0.2) is 5.78 Å². The summed E-state index contributed by atoms with van der Waals surface area (Å²) < 4.78 is 0.999. The van der Waals surface area contributed by atoms with Crippen molar-refractivity contribution in [2.45, 2.75) is 33.6 Å². The molecule has 1 nitrogen and oxygen atoms in total. The normalized spacial score (nSPS) is 22.5. The molecule has 1 atom stereocenters. The monoisotopic (exact) mass is 318 g/mol. The Morgan fingerprint density at radius 1 is 1.16 bits per heavy atom. The fourth-order valence-corrected chi connectivity index (χ4v) is 3.09. The lowest BCUT2D eigenvalue weighted by molar-refractivity contribution is -0.112. The molecule has 1 aliphatic rings. The topological polar surface area (TPSA) is 17.1 Å². The average Bonchev–Trinajstić information content (AvgIpc) is 2.54. The summed E-state index contributed by atoms with van der Waals surface area (Å²) in [6.07, 6.45) is 2.10. The van der Waals surface area contributed by atoms with Crippen LogP contribution in [0.5, 0.6) is 0 Å². The molecule has 2 rings (SSSR count). The first-order valence-corrected chi connectivity index (χ1v) is 7.29. The van der Waals surface area contributed by atoms with Crippen molar-refractivity contribution in [2.24, 2.45) is 5.41 Å². The van der Waals surface area contributed by atoms with Crippen LogP contribution in [-0.4, -0.2) is 5.78 Å². The van der Waals surface area contributed by atoms with Crippen molar-refractivity contribution >= 4 is 21.7 Å². The highest BCUT2D eigenvalue weighted by atomic mass is 79.9. The van der Waals surface area contributed by atoms with Gasteiger partial charge in [-0.25, -0.2) is 0 Å². The van der Waals surface area contributed by atoms with E-state index >= 15 is 0 Å². The third-order valence-corrected chi connectivity index (χ3v) is 4.30. The van der Waals surface area contributed by atoms with Crippen LogP contribution in [-0.2, 0) is 4.79 Å². The summed E-state index contributed by atoms with van der Waals surface area (Å²) in [5, 5.41) is 0. The van der Waals surface area contributed by atoms with Crippen molar-refractivity contribution in [3.63, 3.8) is 0 Å². The molecule has 0 unspecified atom stereocenters. The summed E-state index contributed by atoms with van der Waals surface area (Å²) in [7, 11) is 0. The third-order valence-electron chi connectivity index (χ3n) is 3.25. The van der Waals surface area contributed by atoms with Gasteiger partial charge in [0.05, 0.1) is 0 Å². The van der Waals surface area contributed by atoms with Crippen molar-refractivity contribution in [1.82, 2.24) is 0 Å². The Morgan fingerprint density at radius 2 is 1.74 bits per heavy atom. The van der Waals surface area contributed by atoms with Crippen molar-refractivity contribution in [3.8, 4) is 0 Å². The van der Waals surface area contributed by atoms with E-state index in [-0.39, 0.29) is 17.1 Å². The Hall–Kier alpha value is -1.15. The number of allylic oxidation sites excluding steroid dienone is 4. The molecule has 1 aromatic carbocycles. The van der Waals surface area contributed by atoms with Gasteiger partial charge in [-0.2, -0.15) is 0 Å². The number of ketones is 1. The minimum absolute atomic E-state index is 0.00404. The Balaban J connectivity index is 2.55. The van der Waals surface area contributed by atoms with Gasteiger partial charge in [-0.1, -0.05) is 73.1 Å². The molecular formula is C17H19BrO. The molecule has 0 saturated carbocycles. The molecule has 0 N–H and O–H groups in total. The standard InChI is InChI=1S/C17H19BrO/c1-11-15(18)14(12-8-6-5-7-9-12)13(16(11)19)10-17(2,3)4/h5-10,14H,1-4H3/b13-10+/t14-/m0/s1. The molecule has 2 heteroatoms. The van der Waals surface area contributed by atoms with E-state index in [9.17, 15) is 4.79 Å². The Kier molecular flexibility index (Phi) is 3.82. The smallest absolute Gasteiger partial charge is 0.186 e. The molecule has 1 aliphatic carbocycles. The van der Waals surface area contributed by atoms with E-state index in [1.165, 1.54) is 0 Å². The Morgan fingerprint density at radius 3 is 2.26 bits per heavy atom. The summed E-state index contributed by atoms with van der Waals surface area (Å²) >= 11 is 3.61. The zero-order chi connectivity index (χ0) is 14.2. The van der Waals surface area contributed by atoms with Gasteiger partial charge >= 0.3 is 0 Å². The lowest BCUT2D eigenvalue weighted by Crippen LogP contribution is -2.09. The second-order valence-electron chi connectivity index (χ2n) is 6.11. The number of carbonyl (C=O) groups is 1. The second kappa shape index (κ2) is 5.09. The summed E-state index contributed by atoms with van der Waals surface area (Å²) in [5.74, 6) is 0.212. The number of rotatable bonds is 1. The lowest BCUT2D eigenvalue weighted by atomic mass is 9.86. The van der Waals surface area contributed by atoms with Crippen LogP contribution < -0.4 is 0 Å². The third kappa shape index (κ3) is 2.89. The first-order valence-electron chi connectivity index (χ1n) is 6.50. The van der Waals surface area contributed by atoms with Crippen LogP contribution in [0, 0.1) is 5.41 Å². The van der Waals surface area contributed by atoms with E-state index in [0.717, 1.165) is 21.2 Å². The summed E-state index contributed by atoms with van der Waals surface area (Å²) in [5.41, 5.74) is 2.87. The van der Waals surface area contributed by atoms with Crippen LogP contribution in [0.25, 0.3) is 0 Å². The molecule has 0 aliphatic heterocycles. The molecule has 0 amide bonds. The minimum atomic E-state index is -0.00404. The van der Waals surface area contributed by atoms with Gasteiger partial charge in [0.25, 0.3) is 0 Å². The van der Waals surface area contributed by atoms with Gasteiger partial charge in [-0.3, -0.25) is 4.79 Å². The quantitative estimate of drug-likeness (QED) is 0.666. The minimum Gasteiger partial charge on any atom is -0.289 e. The molecule has 0 aromatic heterocycles. The molecule has 19 heavy (non-hydrogen) atoms. The van der Waals surface area contributed by atoms with E-state index in [1.807, 2.05) is 25.1 Å². The maximum atomic E-state index is 12.4. The zero-order valence-corrected chi connectivity index (χ0v) is 13.4. The van der Waals surface area contributed by atoms with E-state index in [0.29, 0.717) is 0 Å². The van der Waals surface area contributed by atoms with Gasteiger partial charge in [0.1, 0.15) is 0 Å². The largest absolute Gasteiger partial charge is 0.289 e. The van der Waals surface area contributed by atoms with Crippen molar-refractivity contribution in [2.75, 3.05) is 0 Å². The molecule has 0 radical (unpaired) electrons.